The van der Waals surface area contributed by atoms with E-state index in [2.05, 4.69) is 27.3 Å². The molecule has 22 heavy (non-hydrogen) atoms. The van der Waals surface area contributed by atoms with Gasteiger partial charge in [-0.25, -0.2) is 0 Å². The summed E-state index contributed by atoms with van der Waals surface area (Å²) in [5.41, 5.74) is 0.473. The third kappa shape index (κ3) is 4.15. The van der Waals surface area contributed by atoms with Gasteiger partial charge in [-0.15, -0.1) is 11.7 Å². The van der Waals surface area contributed by atoms with Gasteiger partial charge in [-0.2, -0.15) is 4.80 Å². The number of carbonyl (C=O) groups is 1. The van der Waals surface area contributed by atoms with Crippen LogP contribution in [-0.2, 0) is 6.54 Å². The summed E-state index contributed by atoms with van der Waals surface area (Å²) in [6.07, 6.45) is 2.63. The molecule has 1 amide bonds. The third-order valence-electron chi connectivity index (χ3n) is 2.98. The summed E-state index contributed by atoms with van der Waals surface area (Å²) in [5, 5.41) is 14.1. The maximum atomic E-state index is 12.2. The van der Waals surface area contributed by atoms with Crippen molar-refractivity contribution in [2.45, 2.75) is 32.9 Å². The van der Waals surface area contributed by atoms with Crippen LogP contribution in [0.15, 0.2) is 36.9 Å². The Hall–Kier alpha value is -2.70. The monoisotopic (exact) mass is 301 g/mol. The van der Waals surface area contributed by atoms with Crippen LogP contribution in [0.4, 0.5) is 5.95 Å². The summed E-state index contributed by atoms with van der Waals surface area (Å²) < 4.78 is 5.70. The van der Waals surface area contributed by atoms with Gasteiger partial charge in [-0.1, -0.05) is 24.2 Å². The van der Waals surface area contributed by atoms with Gasteiger partial charge in [0.05, 0.1) is 12.6 Å². The summed E-state index contributed by atoms with van der Waals surface area (Å²) in [7, 11) is 0. The number of tetrazole rings is 1. The molecule has 0 unspecified atom stereocenters. The molecule has 0 saturated heterocycles. The number of benzene rings is 1. The van der Waals surface area contributed by atoms with Gasteiger partial charge in [0.1, 0.15) is 5.75 Å². The summed E-state index contributed by atoms with van der Waals surface area (Å²) >= 11 is 0. The van der Waals surface area contributed by atoms with Crippen molar-refractivity contribution < 1.29 is 9.53 Å². The SMILES string of the molecule is C=CCn1nnc(NC(=O)c2cccc(O[C@@H](C)CC)c2)n1. The van der Waals surface area contributed by atoms with Crippen molar-refractivity contribution in [3.8, 4) is 5.75 Å². The van der Waals surface area contributed by atoms with Crippen LogP contribution >= 0.6 is 0 Å². The molecule has 7 nitrogen and oxygen atoms in total. The number of allylic oxidation sites excluding steroid dienone is 1. The Morgan fingerprint density at radius 3 is 3.09 bits per heavy atom. The first-order chi connectivity index (χ1) is 10.6. The summed E-state index contributed by atoms with van der Waals surface area (Å²) in [5.74, 6) is 0.498. The van der Waals surface area contributed by atoms with Crippen molar-refractivity contribution in [1.82, 2.24) is 20.2 Å². The molecule has 1 heterocycles. The Kier molecular flexibility index (Phi) is 5.24. The highest BCUT2D eigenvalue weighted by atomic mass is 16.5. The molecular weight excluding hydrogens is 282 g/mol. The van der Waals surface area contributed by atoms with Crippen molar-refractivity contribution >= 4 is 11.9 Å². The molecule has 0 saturated carbocycles. The molecule has 2 aromatic rings. The summed E-state index contributed by atoms with van der Waals surface area (Å²) in [6.45, 7) is 8.04. The number of ether oxygens (including phenoxy) is 1. The average Bonchev–Trinajstić information content (AvgIpc) is 2.95. The number of nitrogens with one attached hydrogen (secondary N) is 1. The van der Waals surface area contributed by atoms with E-state index in [4.69, 9.17) is 4.74 Å². The van der Waals surface area contributed by atoms with Gasteiger partial charge in [-0.3, -0.25) is 10.1 Å². The van der Waals surface area contributed by atoms with Gasteiger partial charge >= 0.3 is 0 Å². The molecule has 1 N–H and O–H groups in total. The zero-order valence-electron chi connectivity index (χ0n) is 12.7. The van der Waals surface area contributed by atoms with Crippen molar-refractivity contribution in [1.29, 1.82) is 0 Å². The summed E-state index contributed by atoms with van der Waals surface area (Å²) in [6, 6.07) is 6.98. The number of rotatable bonds is 7. The molecular formula is C15H19N5O2. The van der Waals surface area contributed by atoms with Gasteiger partial charge in [-0.05, 0) is 36.8 Å². The Labute approximate surface area is 129 Å². The van der Waals surface area contributed by atoms with E-state index >= 15 is 0 Å². The minimum atomic E-state index is -0.312. The Balaban J connectivity index is 2.05. The molecule has 0 bridgehead atoms. The lowest BCUT2D eigenvalue weighted by molar-refractivity contribution is 0.102. The highest BCUT2D eigenvalue weighted by Crippen LogP contribution is 2.16. The standard InChI is InChI=1S/C15H19N5O2/c1-4-9-20-18-15(17-19-20)16-14(21)12-7-6-8-13(10-12)22-11(3)5-2/h4,6-8,10-11H,1,5,9H2,2-3H3,(H,16,18,21)/t11-/m0/s1. The van der Waals surface area contributed by atoms with E-state index in [1.54, 1.807) is 24.3 Å². The third-order valence-corrected chi connectivity index (χ3v) is 2.98. The number of hydrogen-bond acceptors (Lipinski definition) is 5. The minimum absolute atomic E-state index is 0.0961. The largest absolute Gasteiger partial charge is 0.491 e. The van der Waals surface area contributed by atoms with Crippen LogP contribution in [-0.4, -0.2) is 32.2 Å². The molecule has 0 radical (unpaired) electrons. The predicted octanol–water partition coefficient (Wildman–Crippen LogP) is 2.29. The van der Waals surface area contributed by atoms with Crippen LogP contribution in [0.3, 0.4) is 0 Å². The highest BCUT2D eigenvalue weighted by Gasteiger charge is 2.11. The van der Waals surface area contributed by atoms with Crippen LogP contribution in [0.25, 0.3) is 0 Å². The van der Waals surface area contributed by atoms with E-state index in [0.717, 1.165) is 6.42 Å². The second-order valence-corrected chi connectivity index (χ2v) is 4.78. The number of amides is 1. The number of anilines is 1. The van der Waals surface area contributed by atoms with Crippen molar-refractivity contribution in [2.75, 3.05) is 5.32 Å². The first-order valence-corrected chi connectivity index (χ1v) is 7.09. The number of nitrogens with zero attached hydrogens (tertiary/aromatic N) is 4. The molecule has 0 fully saturated rings. The van der Waals surface area contributed by atoms with E-state index in [-0.39, 0.29) is 18.0 Å². The topological polar surface area (TPSA) is 81.9 Å². The van der Waals surface area contributed by atoms with Gasteiger partial charge in [0, 0.05) is 5.56 Å². The van der Waals surface area contributed by atoms with Crippen LogP contribution in [0, 0.1) is 0 Å². The van der Waals surface area contributed by atoms with Crippen LogP contribution in [0.2, 0.25) is 0 Å². The quantitative estimate of drug-likeness (QED) is 0.793. The molecule has 116 valence electrons. The zero-order valence-corrected chi connectivity index (χ0v) is 12.7. The van der Waals surface area contributed by atoms with Crippen LogP contribution in [0.1, 0.15) is 30.6 Å². The second-order valence-electron chi connectivity index (χ2n) is 4.78. The van der Waals surface area contributed by atoms with Crippen LogP contribution in [0.5, 0.6) is 5.75 Å². The van der Waals surface area contributed by atoms with Crippen molar-refractivity contribution in [2.24, 2.45) is 0 Å². The normalized spacial score (nSPS) is 11.7. The van der Waals surface area contributed by atoms with E-state index < -0.39 is 0 Å². The molecule has 1 aromatic carbocycles. The molecule has 0 aliphatic heterocycles. The maximum Gasteiger partial charge on any atom is 0.270 e. The zero-order chi connectivity index (χ0) is 15.9. The first kappa shape index (κ1) is 15.7. The Bertz CT molecular complexity index is 653. The number of hydrogen-bond donors (Lipinski definition) is 1. The lowest BCUT2D eigenvalue weighted by Gasteiger charge is -2.13. The molecule has 2 rings (SSSR count). The second kappa shape index (κ2) is 7.35. The lowest BCUT2D eigenvalue weighted by Crippen LogP contribution is -2.14. The van der Waals surface area contributed by atoms with E-state index in [1.165, 1.54) is 4.80 Å². The van der Waals surface area contributed by atoms with Gasteiger partial charge < -0.3 is 4.74 Å². The Morgan fingerprint density at radius 2 is 2.36 bits per heavy atom. The van der Waals surface area contributed by atoms with Crippen LogP contribution < -0.4 is 10.1 Å². The van der Waals surface area contributed by atoms with Gasteiger partial charge in [0.15, 0.2) is 0 Å². The molecule has 7 heteroatoms. The first-order valence-electron chi connectivity index (χ1n) is 7.09. The van der Waals surface area contributed by atoms with Gasteiger partial charge in [0.25, 0.3) is 11.9 Å². The number of aromatic nitrogens is 4. The fourth-order valence-corrected chi connectivity index (χ4v) is 1.69. The molecule has 0 spiro atoms. The molecule has 1 atom stereocenters. The molecule has 0 aliphatic rings. The van der Waals surface area contributed by atoms with Crippen molar-refractivity contribution in [3.63, 3.8) is 0 Å². The van der Waals surface area contributed by atoms with E-state index in [1.807, 2.05) is 19.9 Å². The summed E-state index contributed by atoms with van der Waals surface area (Å²) in [4.78, 5) is 13.5. The number of carbonyl (C=O) groups excluding carboxylic acids is 1. The Morgan fingerprint density at radius 1 is 1.55 bits per heavy atom. The van der Waals surface area contributed by atoms with Crippen molar-refractivity contribution in [3.05, 3.63) is 42.5 Å². The van der Waals surface area contributed by atoms with Gasteiger partial charge in [0.2, 0.25) is 0 Å². The predicted molar refractivity (Wildman–Crippen MR) is 82.8 cm³/mol. The maximum absolute atomic E-state index is 12.2. The lowest BCUT2D eigenvalue weighted by atomic mass is 10.2. The smallest absolute Gasteiger partial charge is 0.270 e. The molecule has 0 aliphatic carbocycles. The van der Waals surface area contributed by atoms with E-state index in [0.29, 0.717) is 17.9 Å². The fourth-order valence-electron chi connectivity index (χ4n) is 1.69. The fraction of sp³-hybridized carbons (Fsp3) is 0.333. The van der Waals surface area contributed by atoms with E-state index in [9.17, 15) is 4.79 Å². The highest BCUT2D eigenvalue weighted by molar-refractivity contribution is 6.03. The minimum Gasteiger partial charge on any atom is -0.491 e. The average molecular weight is 301 g/mol. The molecule has 1 aromatic heterocycles.